The van der Waals surface area contributed by atoms with Gasteiger partial charge in [0.15, 0.2) is 0 Å². The van der Waals surface area contributed by atoms with E-state index in [4.69, 9.17) is 9.15 Å². The summed E-state index contributed by atoms with van der Waals surface area (Å²) in [7, 11) is 1.71. The minimum atomic E-state index is -0.355. The third-order valence-corrected chi connectivity index (χ3v) is 4.43. The van der Waals surface area contributed by atoms with Gasteiger partial charge in [-0.2, -0.15) is 0 Å². The van der Waals surface area contributed by atoms with E-state index in [0.717, 1.165) is 18.6 Å². The zero-order valence-corrected chi connectivity index (χ0v) is 13.2. The summed E-state index contributed by atoms with van der Waals surface area (Å²) in [6.07, 6.45) is 1.65. The van der Waals surface area contributed by atoms with Gasteiger partial charge >= 0.3 is 0 Å². The lowest BCUT2D eigenvalue weighted by atomic mass is 10.00. The van der Waals surface area contributed by atoms with Gasteiger partial charge in [0.1, 0.15) is 11.5 Å². The van der Waals surface area contributed by atoms with Crippen LogP contribution in [-0.4, -0.2) is 25.2 Å². The molecule has 0 aliphatic heterocycles. The van der Waals surface area contributed by atoms with Crippen molar-refractivity contribution in [1.29, 1.82) is 0 Å². The molecule has 0 spiro atoms. The number of nitrogens with one attached hydrogen (secondary N) is 1. The number of ether oxygens (including phenoxy) is 1. The summed E-state index contributed by atoms with van der Waals surface area (Å²) in [5, 5.41) is 3.00. The Hall–Kier alpha value is -2.07. The standard InChI is InChI=1S/C18H21NO3/c1-12-8-16(13(2)22-12)17(20)19-11-18(21-3)9-14-6-4-5-7-15(14)10-18/h4-8H,9-11H2,1-3H3,(H,19,20). The van der Waals surface area contributed by atoms with E-state index in [1.165, 1.54) is 11.1 Å². The lowest BCUT2D eigenvalue weighted by Gasteiger charge is -2.27. The predicted molar refractivity (Wildman–Crippen MR) is 84.1 cm³/mol. The van der Waals surface area contributed by atoms with Crippen molar-refractivity contribution in [2.24, 2.45) is 0 Å². The maximum atomic E-state index is 12.3. The Bertz CT molecular complexity index is 677. The molecule has 1 aromatic carbocycles. The molecule has 0 atom stereocenters. The van der Waals surface area contributed by atoms with Crippen molar-refractivity contribution < 1.29 is 13.9 Å². The van der Waals surface area contributed by atoms with Crippen LogP contribution in [0.5, 0.6) is 0 Å². The molecule has 0 radical (unpaired) electrons. The molecule has 4 nitrogen and oxygen atoms in total. The van der Waals surface area contributed by atoms with Crippen molar-refractivity contribution in [3.63, 3.8) is 0 Å². The molecule has 1 aromatic heterocycles. The van der Waals surface area contributed by atoms with Crippen molar-refractivity contribution in [3.05, 3.63) is 58.5 Å². The van der Waals surface area contributed by atoms with Crippen LogP contribution in [-0.2, 0) is 17.6 Å². The number of methoxy groups -OCH3 is 1. The molecule has 116 valence electrons. The fraction of sp³-hybridized carbons (Fsp3) is 0.389. The van der Waals surface area contributed by atoms with Gasteiger partial charge < -0.3 is 14.5 Å². The number of aryl methyl sites for hydroxylation is 2. The lowest BCUT2D eigenvalue weighted by molar-refractivity contribution is 0.000162. The normalized spacial score (nSPS) is 15.6. The number of hydrogen-bond donors (Lipinski definition) is 1. The Balaban J connectivity index is 1.70. The third kappa shape index (κ3) is 2.66. The van der Waals surface area contributed by atoms with Gasteiger partial charge in [0.25, 0.3) is 5.91 Å². The third-order valence-electron chi connectivity index (χ3n) is 4.43. The number of furan rings is 1. The van der Waals surface area contributed by atoms with E-state index in [-0.39, 0.29) is 11.5 Å². The highest BCUT2D eigenvalue weighted by Gasteiger charge is 2.37. The SMILES string of the molecule is COC1(CNC(=O)c2cc(C)oc2C)Cc2ccccc2C1. The van der Waals surface area contributed by atoms with E-state index in [0.29, 0.717) is 17.9 Å². The largest absolute Gasteiger partial charge is 0.466 e. The lowest BCUT2D eigenvalue weighted by Crippen LogP contribution is -2.45. The highest BCUT2D eigenvalue weighted by molar-refractivity contribution is 5.95. The number of hydrogen-bond acceptors (Lipinski definition) is 3. The van der Waals surface area contributed by atoms with Crippen molar-refractivity contribution in [2.75, 3.05) is 13.7 Å². The Kier molecular flexibility index (Phi) is 3.79. The Morgan fingerprint density at radius 2 is 1.91 bits per heavy atom. The van der Waals surface area contributed by atoms with E-state index in [1.807, 2.05) is 19.1 Å². The summed E-state index contributed by atoms with van der Waals surface area (Å²) in [5.74, 6) is 1.29. The molecule has 4 heteroatoms. The van der Waals surface area contributed by atoms with Crippen molar-refractivity contribution in [2.45, 2.75) is 32.3 Å². The first-order valence-electron chi connectivity index (χ1n) is 7.50. The van der Waals surface area contributed by atoms with E-state index >= 15 is 0 Å². The average Bonchev–Trinajstić information content (AvgIpc) is 3.05. The van der Waals surface area contributed by atoms with Gasteiger partial charge in [-0.05, 0) is 31.0 Å². The second-order valence-electron chi connectivity index (χ2n) is 6.02. The molecule has 1 N–H and O–H groups in total. The van der Waals surface area contributed by atoms with Crippen LogP contribution in [0, 0.1) is 13.8 Å². The van der Waals surface area contributed by atoms with Crippen molar-refractivity contribution >= 4 is 5.91 Å². The Morgan fingerprint density at radius 3 is 2.41 bits per heavy atom. The Morgan fingerprint density at radius 1 is 1.27 bits per heavy atom. The molecule has 0 bridgehead atoms. The van der Waals surface area contributed by atoms with E-state index < -0.39 is 0 Å². The maximum absolute atomic E-state index is 12.3. The molecule has 1 heterocycles. The van der Waals surface area contributed by atoms with Gasteiger partial charge in [-0.1, -0.05) is 24.3 Å². The van der Waals surface area contributed by atoms with E-state index in [2.05, 4.69) is 17.4 Å². The van der Waals surface area contributed by atoms with Gasteiger partial charge in [0.2, 0.25) is 0 Å². The fourth-order valence-corrected chi connectivity index (χ4v) is 3.19. The summed E-state index contributed by atoms with van der Waals surface area (Å²) < 4.78 is 11.2. The molecular weight excluding hydrogens is 278 g/mol. The number of carbonyl (C=O) groups is 1. The van der Waals surface area contributed by atoms with Gasteiger partial charge in [0.05, 0.1) is 11.2 Å². The summed E-state index contributed by atoms with van der Waals surface area (Å²) in [4.78, 5) is 12.3. The fourth-order valence-electron chi connectivity index (χ4n) is 3.19. The highest BCUT2D eigenvalue weighted by atomic mass is 16.5. The molecule has 1 amide bonds. The van der Waals surface area contributed by atoms with Crippen LogP contribution >= 0.6 is 0 Å². The van der Waals surface area contributed by atoms with Gasteiger partial charge in [0, 0.05) is 26.5 Å². The smallest absolute Gasteiger partial charge is 0.254 e. The number of fused-ring (bicyclic) bond motifs is 1. The molecular formula is C18H21NO3. The molecule has 3 rings (SSSR count). The highest BCUT2D eigenvalue weighted by Crippen LogP contribution is 2.32. The summed E-state index contributed by atoms with van der Waals surface area (Å²) in [5.41, 5.74) is 2.84. The van der Waals surface area contributed by atoms with Gasteiger partial charge in [-0.3, -0.25) is 4.79 Å². The van der Waals surface area contributed by atoms with Crippen molar-refractivity contribution in [1.82, 2.24) is 5.32 Å². The second kappa shape index (κ2) is 5.61. The maximum Gasteiger partial charge on any atom is 0.254 e. The molecule has 1 aliphatic carbocycles. The number of benzene rings is 1. The summed E-state index contributed by atoms with van der Waals surface area (Å²) >= 11 is 0. The molecule has 1 aliphatic rings. The molecule has 0 saturated heterocycles. The van der Waals surface area contributed by atoms with Crippen LogP contribution in [0.15, 0.2) is 34.7 Å². The monoisotopic (exact) mass is 299 g/mol. The first-order valence-corrected chi connectivity index (χ1v) is 7.50. The molecule has 22 heavy (non-hydrogen) atoms. The molecule has 0 saturated carbocycles. The van der Waals surface area contributed by atoms with Crippen molar-refractivity contribution in [3.8, 4) is 0 Å². The second-order valence-corrected chi connectivity index (χ2v) is 6.02. The van der Waals surface area contributed by atoms with Crippen LogP contribution in [0.2, 0.25) is 0 Å². The zero-order chi connectivity index (χ0) is 15.7. The molecule has 2 aromatic rings. The average molecular weight is 299 g/mol. The molecule has 0 unspecified atom stereocenters. The minimum Gasteiger partial charge on any atom is -0.466 e. The van der Waals surface area contributed by atoms with E-state index in [9.17, 15) is 4.79 Å². The number of carbonyl (C=O) groups excluding carboxylic acids is 1. The van der Waals surface area contributed by atoms with Gasteiger partial charge in [-0.15, -0.1) is 0 Å². The predicted octanol–water partition coefficient (Wildman–Crippen LogP) is 2.81. The topological polar surface area (TPSA) is 51.5 Å². The minimum absolute atomic E-state index is 0.110. The first-order chi connectivity index (χ1) is 10.5. The van der Waals surface area contributed by atoms with Crippen LogP contribution in [0.1, 0.15) is 33.0 Å². The summed E-state index contributed by atoms with van der Waals surface area (Å²) in [6.45, 7) is 4.13. The summed E-state index contributed by atoms with van der Waals surface area (Å²) in [6, 6.07) is 10.1. The Labute approximate surface area is 130 Å². The van der Waals surface area contributed by atoms with Crippen LogP contribution < -0.4 is 5.32 Å². The number of amides is 1. The number of rotatable bonds is 4. The van der Waals surface area contributed by atoms with Crippen LogP contribution in [0.25, 0.3) is 0 Å². The van der Waals surface area contributed by atoms with Crippen LogP contribution in [0.4, 0.5) is 0 Å². The molecule has 0 fully saturated rings. The van der Waals surface area contributed by atoms with E-state index in [1.54, 1.807) is 20.1 Å². The van der Waals surface area contributed by atoms with Gasteiger partial charge in [-0.25, -0.2) is 0 Å². The quantitative estimate of drug-likeness (QED) is 0.944. The first kappa shape index (κ1) is 14.9. The van der Waals surface area contributed by atoms with Crippen LogP contribution in [0.3, 0.4) is 0 Å². The zero-order valence-electron chi connectivity index (χ0n) is 13.2.